The molecular weight excluding hydrogens is 258 g/mol. The predicted octanol–water partition coefficient (Wildman–Crippen LogP) is 0.736. The first-order valence-corrected chi connectivity index (χ1v) is 4.40. The van der Waals surface area contributed by atoms with Crippen LogP contribution in [0.1, 0.15) is 0 Å². The van der Waals surface area contributed by atoms with Crippen LogP contribution in [0.3, 0.4) is 0 Å². The van der Waals surface area contributed by atoms with Gasteiger partial charge in [-0.15, -0.1) is 0 Å². The molecule has 15 heavy (non-hydrogen) atoms. The van der Waals surface area contributed by atoms with Crippen LogP contribution in [0.2, 0.25) is 0 Å². The van der Waals surface area contributed by atoms with Crippen LogP contribution in [0.15, 0.2) is 0 Å². The molecule has 4 nitrogen and oxygen atoms in total. The van der Waals surface area contributed by atoms with Crippen molar-refractivity contribution in [3.05, 3.63) is 0 Å². The van der Waals surface area contributed by atoms with Gasteiger partial charge in [0, 0.05) is 0 Å². The third-order valence-corrected chi connectivity index (χ3v) is 2.77. The van der Waals surface area contributed by atoms with E-state index in [1.165, 1.54) is 0 Å². The van der Waals surface area contributed by atoms with Crippen molar-refractivity contribution in [3.63, 3.8) is 0 Å². The Morgan fingerprint density at radius 2 is 1.40 bits per heavy atom. The normalized spacial score (nSPS) is 30.7. The minimum Gasteiger partial charge on any atom is -0.336 e. The number of hydrogen-bond acceptors (Lipinski definition) is 4. The maximum absolute atomic E-state index is 12.3. The van der Waals surface area contributed by atoms with Crippen molar-refractivity contribution in [3.8, 4) is 0 Å². The molecule has 1 fully saturated rings. The lowest BCUT2D eigenvalue weighted by Crippen LogP contribution is -2.66. The first-order chi connectivity index (χ1) is 6.38. The molecule has 0 atom stereocenters. The molecule has 0 saturated carbocycles. The Morgan fingerprint density at radius 1 is 1.00 bits per heavy atom. The highest BCUT2D eigenvalue weighted by atomic mass is 32.2. The van der Waals surface area contributed by atoms with Gasteiger partial charge < -0.3 is 4.18 Å². The molecule has 0 radical (unpaired) electrons. The van der Waals surface area contributed by atoms with Crippen LogP contribution >= 0.6 is 0 Å². The summed E-state index contributed by atoms with van der Waals surface area (Å²) in [6.07, 6.45) is 0. The van der Waals surface area contributed by atoms with Gasteiger partial charge in [-0.1, -0.05) is 0 Å². The number of alkyl halides is 6. The number of carbonyl (C=O) groups excluding carboxylic acids is 1. The third-order valence-electron chi connectivity index (χ3n) is 1.52. The summed E-state index contributed by atoms with van der Waals surface area (Å²) in [6.45, 7) is 0. The van der Waals surface area contributed by atoms with E-state index in [9.17, 15) is 39.6 Å². The molecule has 0 aliphatic carbocycles. The summed E-state index contributed by atoms with van der Waals surface area (Å²) in [6, 6.07) is 0. The molecule has 1 saturated heterocycles. The summed E-state index contributed by atoms with van der Waals surface area (Å²) in [5.41, 5.74) is 0. The fraction of sp³-hybridized carbons (Fsp3) is 0.750. The van der Waals surface area contributed by atoms with Crippen molar-refractivity contribution in [2.75, 3.05) is 0 Å². The Kier molecular flexibility index (Phi) is 2.07. The summed E-state index contributed by atoms with van der Waals surface area (Å²) >= 11 is 0. The van der Waals surface area contributed by atoms with E-state index in [4.69, 9.17) is 0 Å². The molecule has 0 aromatic heterocycles. The SMILES string of the molecule is O=C1OS(=O)(=O)C(F)(F)C(F)(F)C1(F)F. The van der Waals surface area contributed by atoms with Gasteiger partial charge in [-0.2, -0.15) is 34.8 Å². The molecule has 1 rings (SSSR count). The van der Waals surface area contributed by atoms with E-state index >= 15 is 0 Å². The lowest BCUT2D eigenvalue weighted by molar-refractivity contribution is -0.286. The van der Waals surface area contributed by atoms with Crippen LogP contribution in [0, 0.1) is 0 Å². The van der Waals surface area contributed by atoms with Crippen molar-refractivity contribution in [1.29, 1.82) is 0 Å². The van der Waals surface area contributed by atoms with Crippen molar-refractivity contribution in [2.45, 2.75) is 17.1 Å². The number of hydrogen-bond donors (Lipinski definition) is 0. The van der Waals surface area contributed by atoms with E-state index in [-0.39, 0.29) is 0 Å². The zero-order chi connectivity index (χ0) is 12.3. The van der Waals surface area contributed by atoms with Crippen molar-refractivity contribution in [1.82, 2.24) is 0 Å². The minimum absolute atomic E-state index is 2.59. The molecule has 88 valence electrons. The lowest BCUT2D eigenvalue weighted by atomic mass is 10.2. The molecule has 0 aromatic carbocycles. The summed E-state index contributed by atoms with van der Waals surface area (Å²) in [5, 5.41) is -6.17. The quantitative estimate of drug-likeness (QED) is 0.475. The summed E-state index contributed by atoms with van der Waals surface area (Å²) in [4.78, 5) is 10.1. The highest BCUT2D eigenvalue weighted by molar-refractivity contribution is 7.88. The van der Waals surface area contributed by atoms with Crippen LogP contribution < -0.4 is 0 Å². The highest BCUT2D eigenvalue weighted by Gasteiger charge is 2.85. The second kappa shape index (κ2) is 2.57. The maximum Gasteiger partial charge on any atom is 0.449 e. The zero-order valence-corrected chi connectivity index (χ0v) is 7.13. The Labute approximate surface area is 77.9 Å². The van der Waals surface area contributed by atoms with Gasteiger partial charge in [-0.05, 0) is 0 Å². The molecule has 0 N–H and O–H groups in total. The van der Waals surface area contributed by atoms with E-state index in [0.29, 0.717) is 0 Å². The first kappa shape index (κ1) is 12.1. The van der Waals surface area contributed by atoms with Gasteiger partial charge in [0.25, 0.3) is 0 Å². The molecule has 0 bridgehead atoms. The summed E-state index contributed by atoms with van der Waals surface area (Å²) in [5.74, 6) is -15.5. The van der Waals surface area contributed by atoms with E-state index in [1.807, 2.05) is 0 Å². The monoisotopic (exact) mass is 258 g/mol. The predicted molar refractivity (Wildman–Crippen MR) is 29.9 cm³/mol. The van der Waals surface area contributed by atoms with Crippen LogP contribution in [0.25, 0.3) is 0 Å². The van der Waals surface area contributed by atoms with E-state index < -0.39 is 33.2 Å². The van der Waals surface area contributed by atoms with Crippen molar-refractivity contribution < 1.29 is 43.7 Å². The largest absolute Gasteiger partial charge is 0.449 e. The Bertz CT molecular complexity index is 411. The Balaban J connectivity index is 3.50. The molecule has 1 heterocycles. The van der Waals surface area contributed by atoms with Gasteiger partial charge in [0.2, 0.25) is 0 Å². The van der Waals surface area contributed by atoms with Gasteiger partial charge in [0.1, 0.15) is 0 Å². The minimum atomic E-state index is -6.40. The van der Waals surface area contributed by atoms with Crippen LogP contribution in [0.4, 0.5) is 26.3 Å². The zero-order valence-electron chi connectivity index (χ0n) is 6.31. The van der Waals surface area contributed by atoms with Crippen molar-refractivity contribution >= 4 is 16.1 Å². The van der Waals surface area contributed by atoms with E-state index in [1.54, 1.807) is 0 Å². The van der Waals surface area contributed by atoms with Crippen LogP contribution in [-0.4, -0.2) is 31.5 Å². The van der Waals surface area contributed by atoms with Crippen LogP contribution in [-0.2, 0) is 19.1 Å². The lowest BCUT2D eigenvalue weighted by Gasteiger charge is -2.33. The fourth-order valence-corrected chi connectivity index (χ4v) is 1.52. The molecular formula is C4F6O4S. The summed E-state index contributed by atoms with van der Waals surface area (Å²) < 4.78 is 96.8. The number of carbonyl (C=O) groups is 1. The molecule has 0 unspecified atom stereocenters. The molecule has 11 heteroatoms. The standard InChI is InChI=1S/C4F6O4S/c5-2(6)1(11)14-15(12,13)4(9,10)3(2,7)8. The van der Waals surface area contributed by atoms with Gasteiger partial charge >= 0.3 is 33.2 Å². The molecule has 0 aromatic rings. The fourth-order valence-electron chi connectivity index (χ4n) is 0.672. The highest BCUT2D eigenvalue weighted by Crippen LogP contribution is 2.52. The maximum atomic E-state index is 12.3. The number of halogens is 6. The molecule has 1 aliphatic heterocycles. The van der Waals surface area contributed by atoms with Gasteiger partial charge in [0.15, 0.2) is 0 Å². The first-order valence-electron chi connectivity index (χ1n) is 3.00. The second-order valence-electron chi connectivity index (χ2n) is 2.49. The Hall–Kier alpha value is -1.00. The third kappa shape index (κ3) is 1.15. The summed E-state index contributed by atoms with van der Waals surface area (Å²) in [7, 11) is -6.40. The Morgan fingerprint density at radius 3 is 1.80 bits per heavy atom. The molecule has 1 aliphatic rings. The molecule has 0 amide bonds. The van der Waals surface area contributed by atoms with E-state index in [0.717, 1.165) is 0 Å². The number of rotatable bonds is 0. The second-order valence-corrected chi connectivity index (χ2v) is 4.08. The van der Waals surface area contributed by atoms with Gasteiger partial charge in [-0.25, -0.2) is 4.79 Å². The van der Waals surface area contributed by atoms with Gasteiger partial charge in [-0.3, -0.25) is 0 Å². The van der Waals surface area contributed by atoms with Gasteiger partial charge in [0.05, 0.1) is 0 Å². The molecule has 0 spiro atoms. The average Bonchev–Trinajstić information content (AvgIpc) is 2.00. The average molecular weight is 258 g/mol. The van der Waals surface area contributed by atoms with Crippen LogP contribution in [0.5, 0.6) is 0 Å². The smallest absolute Gasteiger partial charge is 0.336 e. The topological polar surface area (TPSA) is 60.4 Å². The van der Waals surface area contributed by atoms with E-state index in [2.05, 4.69) is 4.18 Å². The van der Waals surface area contributed by atoms with Crippen molar-refractivity contribution in [2.24, 2.45) is 0 Å².